The lowest BCUT2D eigenvalue weighted by Crippen LogP contribution is -2.28. The van der Waals surface area contributed by atoms with Crippen LogP contribution in [0.15, 0.2) is 22.7 Å². The summed E-state index contributed by atoms with van der Waals surface area (Å²) < 4.78 is 0.989. The Kier molecular flexibility index (Phi) is 5.58. The zero-order valence-electron chi connectivity index (χ0n) is 11.8. The Hall–Kier alpha value is -0.210. The molecule has 0 amide bonds. The van der Waals surface area contributed by atoms with Gasteiger partial charge in [0.1, 0.15) is 0 Å². The van der Waals surface area contributed by atoms with Crippen molar-refractivity contribution in [3.05, 3.63) is 27.7 Å². The molecule has 1 fully saturated rings. The van der Waals surface area contributed by atoms with Crippen LogP contribution in [0.3, 0.4) is 0 Å². The molecule has 2 unspecified atom stereocenters. The quantitative estimate of drug-likeness (QED) is 0.694. The molecule has 2 rings (SSSR count). The van der Waals surface area contributed by atoms with Crippen molar-refractivity contribution in [2.75, 3.05) is 5.32 Å². The van der Waals surface area contributed by atoms with E-state index >= 15 is 0 Å². The van der Waals surface area contributed by atoms with Gasteiger partial charge in [-0.1, -0.05) is 44.4 Å². The SMILES string of the molecule is CC(C)CC1CCCC(Nc2cccc(Cl)c2Br)C1. The molecule has 1 aliphatic rings. The van der Waals surface area contributed by atoms with Gasteiger partial charge in [-0.25, -0.2) is 0 Å². The first-order chi connectivity index (χ1) is 9.06. The Morgan fingerprint density at radius 2 is 2.16 bits per heavy atom. The Balaban J connectivity index is 1.97. The smallest absolute Gasteiger partial charge is 0.0593 e. The number of anilines is 1. The molecule has 19 heavy (non-hydrogen) atoms. The van der Waals surface area contributed by atoms with Crippen LogP contribution in [0.25, 0.3) is 0 Å². The van der Waals surface area contributed by atoms with E-state index in [0.29, 0.717) is 6.04 Å². The summed E-state index contributed by atoms with van der Waals surface area (Å²) in [5.74, 6) is 1.69. The van der Waals surface area contributed by atoms with Crippen LogP contribution in [0.5, 0.6) is 0 Å². The molecule has 0 spiro atoms. The minimum atomic E-state index is 0.590. The van der Waals surface area contributed by atoms with E-state index < -0.39 is 0 Å². The average Bonchev–Trinajstić information content (AvgIpc) is 2.35. The third-order valence-corrected chi connectivity index (χ3v) is 5.30. The van der Waals surface area contributed by atoms with Gasteiger partial charge in [0.05, 0.1) is 15.2 Å². The molecule has 1 aliphatic carbocycles. The standard InChI is InChI=1S/C16H23BrClN/c1-11(2)9-12-5-3-6-13(10-12)19-15-8-4-7-14(18)16(15)17/h4,7-8,11-13,19H,3,5-6,9-10H2,1-2H3. The fourth-order valence-corrected chi connectivity index (χ4v) is 3.69. The summed E-state index contributed by atoms with van der Waals surface area (Å²) in [7, 11) is 0. The van der Waals surface area contributed by atoms with Crippen LogP contribution in [-0.2, 0) is 0 Å². The molecule has 1 saturated carbocycles. The molecular weight excluding hydrogens is 322 g/mol. The fraction of sp³-hybridized carbons (Fsp3) is 0.625. The Labute approximate surface area is 130 Å². The number of hydrogen-bond donors (Lipinski definition) is 1. The lowest BCUT2D eigenvalue weighted by molar-refractivity contribution is 0.289. The zero-order chi connectivity index (χ0) is 13.8. The topological polar surface area (TPSA) is 12.0 Å². The van der Waals surface area contributed by atoms with E-state index in [1.807, 2.05) is 12.1 Å². The van der Waals surface area contributed by atoms with Gasteiger partial charge >= 0.3 is 0 Å². The summed E-state index contributed by atoms with van der Waals surface area (Å²) in [6.07, 6.45) is 6.65. The normalized spacial score (nSPS) is 23.6. The van der Waals surface area contributed by atoms with Crippen molar-refractivity contribution >= 4 is 33.2 Å². The Morgan fingerprint density at radius 3 is 2.89 bits per heavy atom. The lowest BCUT2D eigenvalue weighted by atomic mass is 9.81. The Morgan fingerprint density at radius 1 is 1.37 bits per heavy atom. The number of hydrogen-bond acceptors (Lipinski definition) is 1. The molecule has 2 atom stereocenters. The molecule has 106 valence electrons. The van der Waals surface area contributed by atoms with E-state index in [1.165, 1.54) is 32.1 Å². The Bertz CT molecular complexity index is 419. The van der Waals surface area contributed by atoms with Crippen LogP contribution in [0, 0.1) is 11.8 Å². The summed E-state index contributed by atoms with van der Waals surface area (Å²) in [5, 5.41) is 4.44. The summed E-state index contributed by atoms with van der Waals surface area (Å²) >= 11 is 9.71. The van der Waals surface area contributed by atoms with Gasteiger partial charge in [-0.05, 0) is 59.2 Å². The van der Waals surface area contributed by atoms with Crippen molar-refractivity contribution in [2.24, 2.45) is 11.8 Å². The van der Waals surface area contributed by atoms with Crippen molar-refractivity contribution in [3.63, 3.8) is 0 Å². The highest BCUT2D eigenvalue weighted by atomic mass is 79.9. The molecular formula is C16H23BrClN. The van der Waals surface area contributed by atoms with Crippen molar-refractivity contribution in [3.8, 4) is 0 Å². The van der Waals surface area contributed by atoms with Crippen molar-refractivity contribution in [1.29, 1.82) is 0 Å². The molecule has 1 aromatic rings. The lowest BCUT2D eigenvalue weighted by Gasteiger charge is -2.31. The molecule has 0 aliphatic heterocycles. The van der Waals surface area contributed by atoms with E-state index in [2.05, 4.69) is 41.2 Å². The highest BCUT2D eigenvalue weighted by Gasteiger charge is 2.23. The third-order valence-electron chi connectivity index (χ3n) is 3.90. The highest BCUT2D eigenvalue weighted by Crippen LogP contribution is 2.34. The second-order valence-corrected chi connectivity index (χ2v) is 7.31. The molecule has 3 heteroatoms. The highest BCUT2D eigenvalue weighted by molar-refractivity contribution is 9.10. The van der Waals surface area contributed by atoms with Gasteiger partial charge < -0.3 is 5.32 Å². The van der Waals surface area contributed by atoms with Gasteiger partial charge in [0, 0.05) is 6.04 Å². The molecule has 0 aromatic heterocycles. The predicted octanol–water partition coefficient (Wildman–Crippen LogP) is 6.12. The second kappa shape index (κ2) is 6.99. The number of rotatable bonds is 4. The summed E-state index contributed by atoms with van der Waals surface area (Å²) in [4.78, 5) is 0. The van der Waals surface area contributed by atoms with Crippen LogP contribution >= 0.6 is 27.5 Å². The summed E-state index contributed by atoms with van der Waals surface area (Å²) in [5.41, 5.74) is 1.13. The number of nitrogens with one attached hydrogen (secondary N) is 1. The first-order valence-electron chi connectivity index (χ1n) is 7.26. The van der Waals surface area contributed by atoms with E-state index in [4.69, 9.17) is 11.6 Å². The van der Waals surface area contributed by atoms with E-state index in [-0.39, 0.29) is 0 Å². The van der Waals surface area contributed by atoms with Crippen LogP contribution in [0.1, 0.15) is 46.0 Å². The molecule has 0 saturated heterocycles. The number of halogens is 2. The van der Waals surface area contributed by atoms with Crippen LogP contribution in [0.2, 0.25) is 5.02 Å². The summed E-state index contributed by atoms with van der Waals surface area (Å²) in [6, 6.07) is 6.61. The van der Waals surface area contributed by atoms with Gasteiger partial charge in [-0.2, -0.15) is 0 Å². The predicted molar refractivity (Wildman–Crippen MR) is 88.0 cm³/mol. The van der Waals surface area contributed by atoms with Crippen LogP contribution in [-0.4, -0.2) is 6.04 Å². The first kappa shape index (κ1) is 15.2. The third kappa shape index (κ3) is 4.39. The van der Waals surface area contributed by atoms with Gasteiger partial charge in [-0.15, -0.1) is 0 Å². The fourth-order valence-electron chi connectivity index (χ4n) is 3.14. The van der Waals surface area contributed by atoms with Crippen LogP contribution in [0.4, 0.5) is 5.69 Å². The molecule has 0 bridgehead atoms. The number of benzene rings is 1. The maximum atomic E-state index is 6.14. The minimum absolute atomic E-state index is 0.590. The largest absolute Gasteiger partial charge is 0.381 e. The van der Waals surface area contributed by atoms with Crippen LogP contribution < -0.4 is 5.32 Å². The minimum Gasteiger partial charge on any atom is -0.381 e. The first-order valence-corrected chi connectivity index (χ1v) is 8.44. The molecule has 1 N–H and O–H groups in total. The average molecular weight is 345 g/mol. The monoisotopic (exact) mass is 343 g/mol. The van der Waals surface area contributed by atoms with Gasteiger partial charge in [0.2, 0.25) is 0 Å². The van der Waals surface area contributed by atoms with Crippen molar-refractivity contribution in [1.82, 2.24) is 0 Å². The second-order valence-electron chi connectivity index (χ2n) is 6.10. The van der Waals surface area contributed by atoms with Gasteiger partial charge in [-0.3, -0.25) is 0 Å². The molecule has 0 heterocycles. The van der Waals surface area contributed by atoms with E-state index in [9.17, 15) is 0 Å². The molecule has 0 radical (unpaired) electrons. The van der Waals surface area contributed by atoms with Crippen molar-refractivity contribution in [2.45, 2.75) is 52.0 Å². The zero-order valence-corrected chi connectivity index (χ0v) is 14.1. The molecule has 1 nitrogen and oxygen atoms in total. The van der Waals surface area contributed by atoms with Gasteiger partial charge in [0.15, 0.2) is 0 Å². The van der Waals surface area contributed by atoms with Crippen molar-refractivity contribution < 1.29 is 0 Å². The van der Waals surface area contributed by atoms with E-state index in [1.54, 1.807) is 0 Å². The maximum absolute atomic E-state index is 6.14. The molecule has 1 aromatic carbocycles. The van der Waals surface area contributed by atoms with E-state index in [0.717, 1.165) is 27.0 Å². The summed E-state index contributed by atoms with van der Waals surface area (Å²) in [6.45, 7) is 4.65. The maximum Gasteiger partial charge on any atom is 0.0593 e. The van der Waals surface area contributed by atoms with Gasteiger partial charge in [0.25, 0.3) is 0 Å².